The van der Waals surface area contributed by atoms with Crippen molar-refractivity contribution in [3.05, 3.63) is 82.0 Å². The first-order valence-corrected chi connectivity index (χ1v) is 13.2. The Morgan fingerprint density at radius 2 is 1.95 bits per heavy atom. The molecule has 1 aromatic carbocycles. The van der Waals surface area contributed by atoms with E-state index in [1.54, 1.807) is 54.9 Å². The van der Waals surface area contributed by atoms with Crippen molar-refractivity contribution in [1.29, 1.82) is 5.26 Å². The van der Waals surface area contributed by atoms with Crippen molar-refractivity contribution in [1.82, 2.24) is 4.98 Å². The second-order valence-electron chi connectivity index (χ2n) is 11.3. The van der Waals surface area contributed by atoms with Gasteiger partial charge >= 0.3 is 11.6 Å². The lowest BCUT2D eigenvalue weighted by Gasteiger charge is -2.62. The molecule has 1 saturated carbocycles. The van der Waals surface area contributed by atoms with E-state index >= 15 is 0 Å². The summed E-state index contributed by atoms with van der Waals surface area (Å²) in [5, 5.41) is 21.0. The molecule has 0 amide bonds. The number of esters is 1. The second kappa shape index (κ2) is 9.65. The van der Waals surface area contributed by atoms with Gasteiger partial charge in [-0.2, -0.15) is 5.26 Å². The highest BCUT2D eigenvalue weighted by Crippen LogP contribution is 2.63. The molecule has 202 valence electrons. The first-order valence-electron chi connectivity index (χ1n) is 13.2. The molecule has 1 N–H and O–H groups in total. The number of nitrogens with zero attached hydrogens (tertiary/aromatic N) is 2. The van der Waals surface area contributed by atoms with Crippen molar-refractivity contribution < 1.29 is 23.8 Å². The molecule has 0 saturated heterocycles. The summed E-state index contributed by atoms with van der Waals surface area (Å²) in [7, 11) is 0. The summed E-state index contributed by atoms with van der Waals surface area (Å²) >= 11 is 0. The van der Waals surface area contributed by atoms with Gasteiger partial charge in [0.15, 0.2) is 5.60 Å². The number of carbonyl (C=O) groups excluding carboxylic acids is 1. The zero-order valence-corrected chi connectivity index (χ0v) is 22.7. The summed E-state index contributed by atoms with van der Waals surface area (Å²) < 4.78 is 18.4. The maximum atomic E-state index is 13.3. The van der Waals surface area contributed by atoms with Crippen LogP contribution in [0.1, 0.15) is 68.6 Å². The minimum Gasteiger partial charge on any atom is -0.482 e. The molecular formula is C31H32N2O6. The quantitative estimate of drug-likeness (QED) is 0.453. The average molecular weight is 529 g/mol. The smallest absolute Gasteiger partial charge is 0.345 e. The second-order valence-corrected chi connectivity index (χ2v) is 11.3. The summed E-state index contributed by atoms with van der Waals surface area (Å²) in [5.41, 5.74) is -1.43. The highest BCUT2D eigenvalue weighted by atomic mass is 16.6. The number of aromatic nitrogens is 1. The summed E-state index contributed by atoms with van der Waals surface area (Å²) in [6.45, 7) is 10.0. The average Bonchev–Trinajstić information content (AvgIpc) is 2.92. The third-order valence-electron chi connectivity index (χ3n) is 9.17. The molecule has 2 aliphatic rings. The topological polar surface area (TPSA) is 123 Å². The van der Waals surface area contributed by atoms with Crippen molar-refractivity contribution in [3.63, 3.8) is 0 Å². The number of aliphatic hydroxyl groups excluding tert-OH is 1. The van der Waals surface area contributed by atoms with Crippen LogP contribution < -0.4 is 10.4 Å². The van der Waals surface area contributed by atoms with Gasteiger partial charge in [0.05, 0.1) is 23.3 Å². The van der Waals surface area contributed by atoms with Crippen molar-refractivity contribution in [2.75, 3.05) is 0 Å². The molecule has 1 fully saturated rings. The van der Waals surface area contributed by atoms with Crippen LogP contribution in [0.15, 0.2) is 64.1 Å². The number of ether oxygens (including phenoxy) is 2. The standard InChI is InChI=1S/C31H32N2O6/c1-17(2)22-13-25(38-28(35)20-10-8-19(15-32)9-11-20)31(5)30(4,18(22)3)27(34)26-24(39-31)14-23(37-29(26)36)21-7-6-12-33-16-21/h6-12,14,16-18,22,25,27,34H,13H2,1-5H3/t18-,22-,25-,27-,30?,31+/m0/s1. The van der Waals surface area contributed by atoms with E-state index in [-0.39, 0.29) is 34.8 Å². The lowest BCUT2D eigenvalue weighted by atomic mass is 9.49. The Morgan fingerprint density at radius 3 is 2.56 bits per heavy atom. The number of benzene rings is 1. The number of fused-ring (bicyclic) bond motifs is 2. The first kappa shape index (κ1) is 26.6. The van der Waals surface area contributed by atoms with Crippen LogP contribution in [-0.4, -0.2) is 27.8 Å². The molecule has 3 aromatic rings. The van der Waals surface area contributed by atoms with Gasteiger partial charge in [0.1, 0.15) is 23.2 Å². The minimum absolute atomic E-state index is 0.0658. The van der Waals surface area contributed by atoms with Gasteiger partial charge in [-0.15, -0.1) is 0 Å². The van der Waals surface area contributed by atoms with Crippen LogP contribution in [0.25, 0.3) is 11.3 Å². The Kier molecular flexibility index (Phi) is 6.59. The molecule has 1 aliphatic heterocycles. The van der Waals surface area contributed by atoms with E-state index in [1.165, 1.54) is 0 Å². The van der Waals surface area contributed by atoms with Gasteiger partial charge in [-0.25, -0.2) is 9.59 Å². The monoisotopic (exact) mass is 528 g/mol. The largest absolute Gasteiger partial charge is 0.482 e. The van der Waals surface area contributed by atoms with Crippen molar-refractivity contribution in [2.24, 2.45) is 23.2 Å². The van der Waals surface area contributed by atoms with Gasteiger partial charge in [0.2, 0.25) is 0 Å². The molecule has 39 heavy (non-hydrogen) atoms. The number of rotatable bonds is 4. The van der Waals surface area contributed by atoms with E-state index in [0.29, 0.717) is 23.1 Å². The van der Waals surface area contributed by atoms with Crippen LogP contribution in [0.4, 0.5) is 0 Å². The lowest BCUT2D eigenvalue weighted by molar-refractivity contribution is -0.242. The predicted octanol–water partition coefficient (Wildman–Crippen LogP) is 5.30. The molecule has 6 atom stereocenters. The summed E-state index contributed by atoms with van der Waals surface area (Å²) in [5.74, 6) is 0.123. The predicted molar refractivity (Wildman–Crippen MR) is 143 cm³/mol. The fraction of sp³-hybridized carbons (Fsp3) is 0.419. The summed E-state index contributed by atoms with van der Waals surface area (Å²) in [6.07, 6.45) is 1.76. The number of hydrogen-bond acceptors (Lipinski definition) is 8. The Balaban J connectivity index is 1.61. The van der Waals surface area contributed by atoms with Crippen molar-refractivity contribution in [3.8, 4) is 23.1 Å². The highest BCUT2D eigenvalue weighted by molar-refractivity contribution is 5.89. The molecule has 0 spiro atoms. The van der Waals surface area contributed by atoms with Gasteiger partial charge in [0, 0.05) is 29.4 Å². The molecule has 1 aliphatic carbocycles. The molecule has 1 unspecified atom stereocenters. The maximum absolute atomic E-state index is 13.3. The fourth-order valence-electron chi connectivity index (χ4n) is 6.50. The molecule has 5 rings (SSSR count). The SMILES string of the molecule is CC(C)[C@@H]1C[C@H](OC(=O)c2ccc(C#N)cc2)[C@@]2(C)Oc3cc(-c4cccnc4)oc(=O)c3[C@H](O)C2(C)[C@H]1C. The zero-order chi connectivity index (χ0) is 28.1. The Labute approximate surface area is 227 Å². The molecular weight excluding hydrogens is 496 g/mol. The summed E-state index contributed by atoms with van der Waals surface area (Å²) in [4.78, 5) is 30.7. The van der Waals surface area contributed by atoms with Gasteiger partial charge < -0.3 is 19.0 Å². The van der Waals surface area contributed by atoms with Crippen LogP contribution in [-0.2, 0) is 4.74 Å². The van der Waals surface area contributed by atoms with Crippen molar-refractivity contribution >= 4 is 5.97 Å². The molecule has 2 aromatic heterocycles. The zero-order valence-electron chi connectivity index (χ0n) is 22.7. The molecule has 0 radical (unpaired) electrons. The van der Waals surface area contributed by atoms with Gasteiger partial charge in [-0.1, -0.05) is 27.7 Å². The molecule has 8 heteroatoms. The summed E-state index contributed by atoms with van der Waals surface area (Å²) in [6, 6.07) is 13.4. The van der Waals surface area contributed by atoms with Crippen LogP contribution in [0.3, 0.4) is 0 Å². The van der Waals surface area contributed by atoms with E-state index in [1.807, 2.05) is 19.9 Å². The number of nitriles is 1. The van der Waals surface area contributed by atoms with E-state index in [2.05, 4.69) is 25.8 Å². The fourth-order valence-corrected chi connectivity index (χ4v) is 6.50. The number of carbonyl (C=O) groups is 1. The van der Waals surface area contributed by atoms with E-state index < -0.39 is 34.8 Å². The first-order chi connectivity index (χ1) is 18.5. The number of aliphatic hydroxyl groups is 1. The van der Waals surface area contributed by atoms with Crippen LogP contribution in [0.2, 0.25) is 0 Å². The van der Waals surface area contributed by atoms with E-state index in [9.17, 15) is 14.7 Å². The molecule has 3 heterocycles. The Hall–Kier alpha value is -3.96. The van der Waals surface area contributed by atoms with Crippen LogP contribution in [0.5, 0.6) is 5.75 Å². The van der Waals surface area contributed by atoms with E-state index in [0.717, 1.165) is 0 Å². The van der Waals surface area contributed by atoms with Crippen LogP contribution in [0, 0.1) is 34.5 Å². The number of hydrogen-bond donors (Lipinski definition) is 1. The van der Waals surface area contributed by atoms with Gasteiger partial charge in [-0.3, -0.25) is 4.98 Å². The highest BCUT2D eigenvalue weighted by Gasteiger charge is 2.68. The van der Waals surface area contributed by atoms with Crippen LogP contribution >= 0.6 is 0 Å². The minimum atomic E-state index is -1.22. The van der Waals surface area contributed by atoms with E-state index in [4.69, 9.17) is 19.2 Å². The Bertz CT molecular complexity index is 1490. The van der Waals surface area contributed by atoms with Crippen molar-refractivity contribution in [2.45, 2.75) is 58.8 Å². The Morgan fingerprint density at radius 1 is 1.23 bits per heavy atom. The number of pyridine rings is 1. The third-order valence-corrected chi connectivity index (χ3v) is 9.17. The molecule has 0 bridgehead atoms. The molecule has 8 nitrogen and oxygen atoms in total. The normalized spacial score (nSPS) is 29.5. The van der Waals surface area contributed by atoms with Gasteiger partial charge in [-0.05, 0) is 67.5 Å². The third kappa shape index (κ3) is 4.12. The lowest BCUT2D eigenvalue weighted by Crippen LogP contribution is -2.69. The maximum Gasteiger partial charge on any atom is 0.345 e. The van der Waals surface area contributed by atoms with Gasteiger partial charge in [0.25, 0.3) is 0 Å².